The second-order valence-electron chi connectivity index (χ2n) is 8.08. The number of nitrogens with zero attached hydrogens (tertiary/aromatic N) is 2. The summed E-state index contributed by atoms with van der Waals surface area (Å²) in [5.41, 5.74) is 4.14. The summed E-state index contributed by atoms with van der Waals surface area (Å²) in [4.78, 5) is 31.8. The molecule has 1 saturated heterocycles. The molecule has 0 spiro atoms. The maximum Gasteiger partial charge on any atom is 0.317 e. The molecule has 2 aliphatic rings. The van der Waals surface area contributed by atoms with Gasteiger partial charge in [0.1, 0.15) is 0 Å². The van der Waals surface area contributed by atoms with E-state index in [1.165, 1.54) is 10.9 Å². The number of carbonyl (C=O) groups is 2. The van der Waals surface area contributed by atoms with Crippen molar-refractivity contribution in [3.05, 3.63) is 47.7 Å². The maximum atomic E-state index is 12.7. The molecule has 1 aliphatic carbocycles. The van der Waals surface area contributed by atoms with Gasteiger partial charge in [-0.25, -0.2) is 4.79 Å². The van der Waals surface area contributed by atoms with Crippen LogP contribution in [0.3, 0.4) is 0 Å². The summed E-state index contributed by atoms with van der Waals surface area (Å²) in [5.74, 6) is 0.317. The molecular formula is C23H30N4O2. The van der Waals surface area contributed by atoms with Crippen LogP contribution in [-0.4, -0.2) is 65.4 Å². The van der Waals surface area contributed by atoms with E-state index >= 15 is 0 Å². The molecule has 154 valence electrons. The van der Waals surface area contributed by atoms with Crippen LogP contribution in [0.5, 0.6) is 0 Å². The van der Waals surface area contributed by atoms with Crippen LogP contribution in [0.15, 0.2) is 30.9 Å². The fourth-order valence-electron chi connectivity index (χ4n) is 5.27. The highest BCUT2D eigenvalue weighted by molar-refractivity contribution is 5.95. The summed E-state index contributed by atoms with van der Waals surface area (Å²) in [6, 6.07) is 6.69. The molecule has 2 N–H and O–H groups in total. The molecule has 1 fully saturated rings. The summed E-state index contributed by atoms with van der Waals surface area (Å²) in [6.07, 6.45) is 4.62. The lowest BCUT2D eigenvalue weighted by Crippen LogP contribution is -2.57. The quantitative estimate of drug-likeness (QED) is 0.583. The predicted molar refractivity (Wildman–Crippen MR) is 116 cm³/mol. The van der Waals surface area contributed by atoms with Crippen LogP contribution in [0.4, 0.5) is 4.79 Å². The fraction of sp³-hybridized carbons (Fsp3) is 0.478. The minimum absolute atomic E-state index is 0.0107. The predicted octanol–water partition coefficient (Wildman–Crippen LogP) is 3.30. The average Bonchev–Trinajstić information content (AvgIpc) is 3.09. The second-order valence-corrected chi connectivity index (χ2v) is 8.08. The van der Waals surface area contributed by atoms with Gasteiger partial charge >= 0.3 is 6.03 Å². The zero-order valence-electron chi connectivity index (χ0n) is 17.3. The molecule has 0 saturated carbocycles. The van der Waals surface area contributed by atoms with Gasteiger partial charge in [-0.15, -0.1) is 6.58 Å². The smallest absolute Gasteiger partial charge is 0.317 e. The van der Waals surface area contributed by atoms with Gasteiger partial charge in [-0.2, -0.15) is 0 Å². The first kappa shape index (κ1) is 19.7. The van der Waals surface area contributed by atoms with Gasteiger partial charge in [0.2, 0.25) is 0 Å². The van der Waals surface area contributed by atoms with Gasteiger partial charge in [-0.1, -0.05) is 18.2 Å². The Hall–Kier alpha value is -2.60. The van der Waals surface area contributed by atoms with Crippen molar-refractivity contribution in [2.45, 2.75) is 44.7 Å². The molecule has 0 radical (unpaired) electrons. The number of fused-ring (bicyclic) bond motifs is 2. The molecule has 2 aromatic rings. The normalized spacial score (nSPS) is 23.4. The van der Waals surface area contributed by atoms with Crippen molar-refractivity contribution in [3.63, 3.8) is 0 Å². The standard InChI is InChI=1S/C23H30N4O2/c1-4-10-27-13-15(24-23(29)26(5-2)6-3)11-17-16-8-7-9-19-22(16)18(12-21(17)27)20(14-28)25-19/h4,7-9,14-15,17,21,25H,1,5-6,10-13H2,2-3H3,(H,24,29)/t15-,17+,21+/m0/s1. The topological polar surface area (TPSA) is 68.4 Å². The van der Waals surface area contributed by atoms with Gasteiger partial charge in [-0.05, 0) is 43.9 Å². The van der Waals surface area contributed by atoms with Crippen molar-refractivity contribution in [1.29, 1.82) is 0 Å². The molecule has 1 aromatic heterocycles. The van der Waals surface area contributed by atoms with Crippen LogP contribution in [0.25, 0.3) is 10.9 Å². The molecule has 1 aliphatic heterocycles. The third-order valence-corrected chi connectivity index (χ3v) is 6.59. The number of amides is 2. The maximum absolute atomic E-state index is 12.7. The molecule has 6 nitrogen and oxygen atoms in total. The molecular weight excluding hydrogens is 364 g/mol. The first-order chi connectivity index (χ1) is 14.1. The molecule has 1 aromatic carbocycles. The SMILES string of the molecule is C=CCN1C[C@@H](NC(=O)N(CC)CC)C[C@@H]2c3cccc4[nH]c(C=O)c(c34)C[C@H]21. The number of urea groups is 1. The lowest BCUT2D eigenvalue weighted by Gasteiger charge is -2.47. The van der Waals surface area contributed by atoms with E-state index in [0.29, 0.717) is 30.7 Å². The molecule has 0 bridgehead atoms. The van der Waals surface area contributed by atoms with Gasteiger partial charge < -0.3 is 15.2 Å². The zero-order valence-corrected chi connectivity index (χ0v) is 17.3. The molecule has 3 atom stereocenters. The number of benzene rings is 1. The molecule has 29 heavy (non-hydrogen) atoms. The zero-order chi connectivity index (χ0) is 20.5. The van der Waals surface area contributed by atoms with Crippen LogP contribution in [0, 0.1) is 0 Å². The van der Waals surface area contributed by atoms with E-state index in [9.17, 15) is 9.59 Å². The minimum atomic E-state index is 0.0107. The number of carbonyl (C=O) groups excluding carboxylic acids is 2. The Morgan fingerprint density at radius 1 is 1.38 bits per heavy atom. The van der Waals surface area contributed by atoms with Crippen molar-refractivity contribution in [1.82, 2.24) is 20.1 Å². The highest BCUT2D eigenvalue weighted by Gasteiger charge is 2.41. The van der Waals surface area contributed by atoms with Crippen molar-refractivity contribution in [2.24, 2.45) is 0 Å². The van der Waals surface area contributed by atoms with Crippen LogP contribution in [0.2, 0.25) is 0 Å². The molecule has 2 heterocycles. The first-order valence-electron chi connectivity index (χ1n) is 10.6. The third-order valence-electron chi connectivity index (χ3n) is 6.59. The van der Waals surface area contributed by atoms with E-state index in [-0.39, 0.29) is 12.1 Å². The molecule has 2 amide bonds. The Labute approximate surface area is 171 Å². The Morgan fingerprint density at radius 3 is 2.86 bits per heavy atom. The number of nitrogens with one attached hydrogen (secondary N) is 2. The van der Waals surface area contributed by atoms with Crippen LogP contribution >= 0.6 is 0 Å². The molecule has 6 heteroatoms. The van der Waals surface area contributed by atoms with Gasteiger partial charge in [-0.3, -0.25) is 9.69 Å². The van der Waals surface area contributed by atoms with Crippen LogP contribution < -0.4 is 5.32 Å². The van der Waals surface area contributed by atoms with Gasteiger partial charge in [0.05, 0.1) is 5.69 Å². The van der Waals surface area contributed by atoms with Gasteiger partial charge in [0.25, 0.3) is 0 Å². The van der Waals surface area contributed by atoms with E-state index in [2.05, 4.69) is 33.9 Å². The minimum Gasteiger partial charge on any atom is -0.352 e. The van der Waals surface area contributed by atoms with E-state index in [1.54, 1.807) is 0 Å². The van der Waals surface area contributed by atoms with Gasteiger partial charge in [0.15, 0.2) is 6.29 Å². The summed E-state index contributed by atoms with van der Waals surface area (Å²) >= 11 is 0. The summed E-state index contributed by atoms with van der Waals surface area (Å²) in [5, 5.41) is 4.46. The summed E-state index contributed by atoms with van der Waals surface area (Å²) in [6.45, 7) is 10.9. The van der Waals surface area contributed by atoms with Crippen molar-refractivity contribution >= 4 is 23.2 Å². The third kappa shape index (κ3) is 3.35. The number of likely N-dealkylation sites (tertiary alicyclic amines) is 1. The van der Waals surface area contributed by atoms with E-state index in [0.717, 1.165) is 43.3 Å². The number of hydrogen-bond donors (Lipinski definition) is 2. The van der Waals surface area contributed by atoms with Gasteiger partial charge in [0, 0.05) is 55.1 Å². The fourth-order valence-corrected chi connectivity index (χ4v) is 5.27. The largest absolute Gasteiger partial charge is 0.352 e. The van der Waals surface area contributed by atoms with Crippen molar-refractivity contribution < 1.29 is 9.59 Å². The van der Waals surface area contributed by atoms with E-state index < -0.39 is 0 Å². The Balaban J connectivity index is 1.69. The Kier molecular flexibility index (Phi) is 5.46. The first-order valence-corrected chi connectivity index (χ1v) is 10.6. The monoisotopic (exact) mass is 394 g/mol. The van der Waals surface area contributed by atoms with Crippen LogP contribution in [-0.2, 0) is 6.42 Å². The number of aldehydes is 1. The van der Waals surface area contributed by atoms with Crippen LogP contribution in [0.1, 0.15) is 47.8 Å². The summed E-state index contributed by atoms with van der Waals surface area (Å²) < 4.78 is 0. The molecule has 0 unspecified atom stereocenters. The van der Waals surface area contributed by atoms with Crippen molar-refractivity contribution in [2.75, 3.05) is 26.2 Å². The Bertz CT molecular complexity index is 930. The molecule has 4 rings (SSSR count). The number of H-pyrrole nitrogens is 1. The lowest BCUT2D eigenvalue weighted by molar-refractivity contribution is 0.107. The highest BCUT2D eigenvalue weighted by atomic mass is 16.2. The number of aromatic nitrogens is 1. The summed E-state index contributed by atoms with van der Waals surface area (Å²) in [7, 11) is 0. The number of hydrogen-bond acceptors (Lipinski definition) is 3. The average molecular weight is 395 g/mol. The number of piperidine rings is 1. The van der Waals surface area contributed by atoms with E-state index in [4.69, 9.17) is 0 Å². The number of aromatic amines is 1. The van der Waals surface area contributed by atoms with E-state index in [1.807, 2.05) is 30.9 Å². The Morgan fingerprint density at radius 2 is 2.17 bits per heavy atom. The lowest BCUT2D eigenvalue weighted by atomic mass is 9.73. The second kappa shape index (κ2) is 8.03. The highest BCUT2D eigenvalue weighted by Crippen LogP contribution is 2.44. The van der Waals surface area contributed by atoms with Crippen molar-refractivity contribution in [3.8, 4) is 0 Å². The number of rotatable bonds is 6.